The normalized spacial score (nSPS) is 12.1. The van der Waals surface area contributed by atoms with Crippen LogP contribution in [0.5, 0.6) is 0 Å². The molecule has 0 fully saturated rings. The van der Waals surface area contributed by atoms with Crippen molar-refractivity contribution < 1.29 is 14.4 Å². The molecule has 1 unspecified atom stereocenters. The minimum Gasteiger partial charge on any atom is -0.478 e. The highest BCUT2D eigenvalue weighted by atomic mass is 16.5. The second-order valence-electron chi connectivity index (χ2n) is 4.95. The first-order valence-corrected chi connectivity index (χ1v) is 6.83. The number of aromatic nitrogens is 2. The van der Waals surface area contributed by atoms with Crippen molar-refractivity contribution in [2.45, 2.75) is 32.6 Å². The van der Waals surface area contributed by atoms with E-state index in [0.717, 1.165) is 12.0 Å². The van der Waals surface area contributed by atoms with Crippen molar-refractivity contribution in [3.63, 3.8) is 0 Å². The first-order chi connectivity index (χ1) is 10.0. The number of aryl methyl sites for hydroxylation is 1. The van der Waals surface area contributed by atoms with Gasteiger partial charge in [0.2, 0.25) is 5.89 Å². The van der Waals surface area contributed by atoms with Gasteiger partial charge in [-0.25, -0.2) is 4.79 Å². The molecule has 0 aliphatic carbocycles. The summed E-state index contributed by atoms with van der Waals surface area (Å²) in [5, 5.41) is 12.7. The molecule has 2 rings (SSSR count). The van der Waals surface area contributed by atoms with Crippen molar-refractivity contribution in [2.24, 2.45) is 0 Å². The summed E-state index contributed by atoms with van der Waals surface area (Å²) < 4.78 is 5.09. The molecule has 5 nitrogen and oxygen atoms in total. The van der Waals surface area contributed by atoms with E-state index in [1.165, 1.54) is 5.56 Å². The summed E-state index contributed by atoms with van der Waals surface area (Å²) in [5.74, 6) is -0.244. The fourth-order valence-corrected chi connectivity index (χ4v) is 1.96. The summed E-state index contributed by atoms with van der Waals surface area (Å²) in [6, 6.07) is 8.27. The lowest BCUT2D eigenvalue weighted by atomic mass is 9.99. The van der Waals surface area contributed by atoms with Gasteiger partial charge in [0, 0.05) is 11.5 Å². The molecule has 1 N–H and O–H groups in total. The van der Waals surface area contributed by atoms with Crippen molar-refractivity contribution in [2.75, 3.05) is 0 Å². The number of rotatable bonds is 6. The van der Waals surface area contributed by atoms with E-state index in [0.29, 0.717) is 5.82 Å². The molecule has 0 aliphatic rings. The smallest absolute Gasteiger partial charge is 0.331 e. The average molecular weight is 286 g/mol. The van der Waals surface area contributed by atoms with Gasteiger partial charge in [-0.05, 0) is 17.5 Å². The van der Waals surface area contributed by atoms with E-state index in [9.17, 15) is 4.79 Å². The van der Waals surface area contributed by atoms with Crippen LogP contribution < -0.4 is 0 Å². The van der Waals surface area contributed by atoms with Gasteiger partial charge < -0.3 is 9.63 Å². The first kappa shape index (κ1) is 15.0. The Balaban J connectivity index is 2.12. The van der Waals surface area contributed by atoms with Crippen LogP contribution in [0, 0.1) is 0 Å². The molecule has 0 radical (unpaired) electrons. The van der Waals surface area contributed by atoms with Crippen LogP contribution in [0.15, 0.2) is 40.9 Å². The molecular formula is C16H18N2O3. The molecule has 1 atom stereocenters. The van der Waals surface area contributed by atoms with Gasteiger partial charge in [-0.2, -0.15) is 4.98 Å². The fraction of sp³-hybridized carbons (Fsp3) is 0.312. The third kappa shape index (κ3) is 3.56. The van der Waals surface area contributed by atoms with E-state index in [2.05, 4.69) is 47.9 Å². The first-order valence-electron chi connectivity index (χ1n) is 6.83. The van der Waals surface area contributed by atoms with Gasteiger partial charge in [0.05, 0.1) is 6.42 Å². The number of hydrogen-bond donors (Lipinski definition) is 1. The summed E-state index contributed by atoms with van der Waals surface area (Å²) >= 11 is 0. The minimum atomic E-state index is -1.06. The molecule has 1 aromatic heterocycles. The Morgan fingerprint density at radius 2 is 2.05 bits per heavy atom. The van der Waals surface area contributed by atoms with Gasteiger partial charge in [-0.3, -0.25) is 0 Å². The Morgan fingerprint density at radius 3 is 2.62 bits per heavy atom. The standard InChI is InChI=1S/C16H18N2O3/c1-4-12-5-7-13(8-6-12)11(3)15-17-14(21-18-15)9-10(2)16(19)20/h5-8,11H,2,4,9H2,1,3H3,(H,19,20). The van der Waals surface area contributed by atoms with Crippen molar-refractivity contribution in [3.05, 3.63) is 59.3 Å². The third-order valence-electron chi connectivity index (χ3n) is 3.43. The quantitative estimate of drug-likeness (QED) is 0.826. The molecule has 2 aromatic rings. The Morgan fingerprint density at radius 1 is 1.38 bits per heavy atom. The summed E-state index contributed by atoms with van der Waals surface area (Å²) in [6.07, 6.45) is 1.06. The van der Waals surface area contributed by atoms with Crippen LogP contribution in [-0.4, -0.2) is 21.2 Å². The second-order valence-corrected chi connectivity index (χ2v) is 4.95. The molecule has 0 bridgehead atoms. The molecule has 0 aliphatic heterocycles. The predicted octanol–water partition coefficient (Wildman–Crippen LogP) is 2.97. The molecule has 21 heavy (non-hydrogen) atoms. The van der Waals surface area contributed by atoms with E-state index in [4.69, 9.17) is 9.63 Å². The van der Waals surface area contributed by atoms with Crippen LogP contribution in [0.25, 0.3) is 0 Å². The Bertz CT molecular complexity index is 644. The van der Waals surface area contributed by atoms with Crippen LogP contribution in [0.3, 0.4) is 0 Å². The zero-order valence-electron chi connectivity index (χ0n) is 12.2. The van der Waals surface area contributed by atoms with E-state index >= 15 is 0 Å². The number of carboxylic acid groups (broad SMARTS) is 1. The maximum absolute atomic E-state index is 10.7. The van der Waals surface area contributed by atoms with Gasteiger partial charge in [-0.1, -0.05) is 49.8 Å². The zero-order chi connectivity index (χ0) is 15.4. The Hall–Kier alpha value is -2.43. The number of aliphatic carboxylic acids is 1. The van der Waals surface area contributed by atoms with Crippen LogP contribution in [0.2, 0.25) is 0 Å². The highest BCUT2D eigenvalue weighted by molar-refractivity contribution is 5.86. The zero-order valence-corrected chi connectivity index (χ0v) is 12.2. The molecule has 1 heterocycles. The van der Waals surface area contributed by atoms with Crippen LogP contribution >= 0.6 is 0 Å². The lowest BCUT2D eigenvalue weighted by Gasteiger charge is -2.07. The molecule has 110 valence electrons. The molecule has 0 saturated heterocycles. The number of benzene rings is 1. The van der Waals surface area contributed by atoms with E-state index in [1.54, 1.807) is 0 Å². The monoisotopic (exact) mass is 286 g/mol. The SMILES string of the molecule is C=C(Cc1nc(C(C)c2ccc(CC)cc2)no1)C(=O)O. The van der Waals surface area contributed by atoms with Gasteiger partial charge in [0.15, 0.2) is 5.82 Å². The molecule has 0 amide bonds. The Labute approximate surface area is 123 Å². The summed E-state index contributed by atoms with van der Waals surface area (Å²) in [6.45, 7) is 7.55. The van der Waals surface area contributed by atoms with Gasteiger partial charge in [0.1, 0.15) is 0 Å². The third-order valence-corrected chi connectivity index (χ3v) is 3.43. The van der Waals surface area contributed by atoms with Gasteiger partial charge in [0.25, 0.3) is 0 Å². The summed E-state index contributed by atoms with van der Waals surface area (Å²) in [4.78, 5) is 15.0. The molecule has 0 spiro atoms. The Kier molecular flexibility index (Phi) is 4.52. The molecular weight excluding hydrogens is 268 g/mol. The number of carboxylic acids is 1. The molecule has 1 aromatic carbocycles. The second kappa shape index (κ2) is 6.35. The molecule has 0 saturated carbocycles. The highest BCUT2D eigenvalue weighted by Crippen LogP contribution is 2.22. The topological polar surface area (TPSA) is 76.2 Å². The van der Waals surface area contributed by atoms with Crippen LogP contribution in [0.4, 0.5) is 0 Å². The maximum Gasteiger partial charge on any atom is 0.331 e. The van der Waals surface area contributed by atoms with Crippen LogP contribution in [-0.2, 0) is 17.6 Å². The number of carbonyl (C=O) groups is 1. The van der Waals surface area contributed by atoms with Gasteiger partial charge in [-0.15, -0.1) is 0 Å². The lowest BCUT2D eigenvalue weighted by molar-refractivity contribution is -0.132. The van der Waals surface area contributed by atoms with Crippen molar-refractivity contribution in [1.82, 2.24) is 10.1 Å². The lowest BCUT2D eigenvalue weighted by Crippen LogP contribution is -2.03. The predicted molar refractivity (Wildman–Crippen MR) is 78.1 cm³/mol. The highest BCUT2D eigenvalue weighted by Gasteiger charge is 2.17. The molecule has 5 heteroatoms. The van der Waals surface area contributed by atoms with Crippen molar-refractivity contribution in [1.29, 1.82) is 0 Å². The average Bonchev–Trinajstić information content (AvgIpc) is 2.95. The summed E-state index contributed by atoms with van der Waals surface area (Å²) in [7, 11) is 0. The number of hydrogen-bond acceptors (Lipinski definition) is 4. The van der Waals surface area contributed by atoms with Crippen molar-refractivity contribution in [3.8, 4) is 0 Å². The van der Waals surface area contributed by atoms with E-state index < -0.39 is 5.97 Å². The fourth-order valence-electron chi connectivity index (χ4n) is 1.96. The largest absolute Gasteiger partial charge is 0.478 e. The van der Waals surface area contributed by atoms with Crippen molar-refractivity contribution >= 4 is 5.97 Å². The van der Waals surface area contributed by atoms with E-state index in [-0.39, 0.29) is 23.8 Å². The van der Waals surface area contributed by atoms with Crippen LogP contribution in [0.1, 0.15) is 42.6 Å². The van der Waals surface area contributed by atoms with Gasteiger partial charge >= 0.3 is 5.97 Å². The minimum absolute atomic E-state index is 0.00787. The van der Waals surface area contributed by atoms with E-state index in [1.807, 2.05) is 6.92 Å². The number of nitrogens with zero attached hydrogens (tertiary/aromatic N) is 2. The summed E-state index contributed by atoms with van der Waals surface area (Å²) in [5.41, 5.74) is 2.40. The maximum atomic E-state index is 10.7.